The Bertz CT molecular complexity index is 1280. The molecule has 1 fully saturated rings. The lowest BCUT2D eigenvalue weighted by molar-refractivity contribution is -0.136. The van der Waals surface area contributed by atoms with Crippen LogP contribution in [0.2, 0.25) is 0 Å². The summed E-state index contributed by atoms with van der Waals surface area (Å²) in [6, 6.07) is 6.76. The highest BCUT2D eigenvalue weighted by Crippen LogP contribution is 2.42. The van der Waals surface area contributed by atoms with E-state index in [0.29, 0.717) is 5.41 Å². The molecule has 0 atom stereocenters. The largest absolute Gasteiger partial charge is 0.481 e. The van der Waals surface area contributed by atoms with Crippen molar-refractivity contribution in [2.24, 2.45) is 16.1 Å². The molecule has 0 radical (unpaired) electrons. The molecule has 7 nitrogen and oxygen atoms in total. The molecule has 2 aliphatic heterocycles. The number of hydrogen-bond acceptors (Lipinski definition) is 6. The van der Waals surface area contributed by atoms with Crippen molar-refractivity contribution in [3.8, 4) is 11.1 Å². The van der Waals surface area contributed by atoms with Gasteiger partial charge in [-0.15, -0.1) is 0 Å². The highest BCUT2D eigenvalue weighted by atomic mass is 16.4. The third-order valence-electron chi connectivity index (χ3n) is 8.33. The zero-order chi connectivity index (χ0) is 28.3. The minimum absolute atomic E-state index is 0.0149. The number of nitrogens with two attached hydrogens (primary N) is 1. The van der Waals surface area contributed by atoms with Crippen molar-refractivity contribution < 1.29 is 9.90 Å². The smallest absolute Gasteiger partial charge is 0.307 e. The second kappa shape index (κ2) is 11.9. The van der Waals surface area contributed by atoms with Crippen LogP contribution in [0, 0.1) is 19.3 Å². The van der Waals surface area contributed by atoms with E-state index in [1.54, 1.807) is 0 Å². The zero-order valence-electron chi connectivity index (χ0n) is 24.6. The van der Waals surface area contributed by atoms with E-state index in [1.807, 2.05) is 27.0 Å². The van der Waals surface area contributed by atoms with Crippen molar-refractivity contribution in [3.05, 3.63) is 57.5 Å². The van der Waals surface area contributed by atoms with Gasteiger partial charge in [-0.05, 0) is 69.1 Å². The van der Waals surface area contributed by atoms with Gasteiger partial charge >= 0.3 is 5.97 Å². The number of benzene rings is 1. The maximum atomic E-state index is 11.9. The summed E-state index contributed by atoms with van der Waals surface area (Å²) in [5, 5.41) is 9.79. The number of carboxylic acid groups (broad SMARTS) is 1. The van der Waals surface area contributed by atoms with Gasteiger partial charge in [-0.2, -0.15) is 0 Å². The Morgan fingerprint density at radius 1 is 1.15 bits per heavy atom. The minimum atomic E-state index is -0.816. The SMILES string of the molecule is CCN=CC(CN1CCc2cc(-c3c(C)nc(C)c(CC(=O)O)c3N3CCC(C)(C)CC3)ccc2C1)=C(C)N. The normalized spacial score (nSPS) is 18.3. The van der Waals surface area contributed by atoms with E-state index in [2.05, 4.69) is 53.8 Å². The van der Waals surface area contributed by atoms with E-state index < -0.39 is 5.97 Å². The van der Waals surface area contributed by atoms with Crippen molar-refractivity contribution in [2.45, 2.75) is 73.8 Å². The Hall–Kier alpha value is -3.19. The first-order chi connectivity index (χ1) is 18.5. The van der Waals surface area contributed by atoms with E-state index in [1.165, 1.54) is 11.1 Å². The maximum absolute atomic E-state index is 11.9. The van der Waals surface area contributed by atoms with Crippen LogP contribution in [0.25, 0.3) is 11.1 Å². The Labute approximate surface area is 233 Å². The number of anilines is 1. The van der Waals surface area contributed by atoms with Gasteiger partial charge in [0.1, 0.15) is 0 Å². The van der Waals surface area contributed by atoms with Gasteiger partial charge in [-0.1, -0.05) is 32.0 Å². The molecular weight excluding hydrogens is 486 g/mol. The molecule has 7 heteroatoms. The van der Waals surface area contributed by atoms with E-state index in [-0.39, 0.29) is 6.42 Å². The molecule has 3 N–H and O–H groups in total. The first-order valence-corrected chi connectivity index (χ1v) is 14.3. The molecule has 4 rings (SSSR count). The Balaban J connectivity index is 1.70. The summed E-state index contributed by atoms with van der Waals surface area (Å²) in [6.07, 6.45) is 5.03. The molecule has 39 heavy (non-hydrogen) atoms. The summed E-state index contributed by atoms with van der Waals surface area (Å²) in [5.74, 6) is -0.816. The summed E-state index contributed by atoms with van der Waals surface area (Å²) in [4.78, 5) is 26.0. The monoisotopic (exact) mass is 531 g/mol. The molecule has 2 aromatic rings. The lowest BCUT2D eigenvalue weighted by Gasteiger charge is -2.40. The van der Waals surface area contributed by atoms with Gasteiger partial charge in [0.2, 0.25) is 0 Å². The van der Waals surface area contributed by atoms with Gasteiger partial charge in [0.15, 0.2) is 0 Å². The number of allylic oxidation sites excluding steroid dienone is 1. The number of hydrogen-bond donors (Lipinski definition) is 2. The van der Waals surface area contributed by atoms with E-state index in [9.17, 15) is 9.90 Å². The van der Waals surface area contributed by atoms with E-state index in [0.717, 1.165) is 104 Å². The summed E-state index contributed by atoms with van der Waals surface area (Å²) in [6.45, 7) is 17.8. The van der Waals surface area contributed by atoms with Crippen LogP contribution in [0.15, 0.2) is 34.5 Å². The summed E-state index contributed by atoms with van der Waals surface area (Å²) in [7, 11) is 0. The van der Waals surface area contributed by atoms with Crippen molar-refractivity contribution in [1.29, 1.82) is 0 Å². The third kappa shape index (κ3) is 6.70. The number of nitrogens with zero attached hydrogens (tertiary/aromatic N) is 4. The number of piperidine rings is 1. The number of aryl methyl sites for hydroxylation is 2. The summed E-state index contributed by atoms with van der Waals surface area (Å²) in [5.41, 5.74) is 16.9. The van der Waals surface area contributed by atoms with Crippen LogP contribution in [0.1, 0.15) is 68.6 Å². The van der Waals surface area contributed by atoms with E-state index in [4.69, 9.17) is 10.7 Å². The van der Waals surface area contributed by atoms with Gasteiger partial charge in [-0.3, -0.25) is 19.7 Å². The van der Waals surface area contributed by atoms with Gasteiger partial charge in [-0.25, -0.2) is 0 Å². The topological polar surface area (TPSA) is 95.0 Å². The number of carbonyl (C=O) groups is 1. The van der Waals surface area contributed by atoms with Crippen molar-refractivity contribution in [1.82, 2.24) is 9.88 Å². The second-order valence-corrected chi connectivity index (χ2v) is 12.0. The van der Waals surface area contributed by atoms with Gasteiger partial charge in [0, 0.05) is 79.3 Å². The number of aliphatic carboxylic acids is 1. The average Bonchev–Trinajstić information content (AvgIpc) is 2.87. The average molecular weight is 532 g/mol. The highest BCUT2D eigenvalue weighted by Gasteiger charge is 2.30. The van der Waals surface area contributed by atoms with Crippen LogP contribution in [0.3, 0.4) is 0 Å². The Kier molecular flexibility index (Phi) is 8.80. The molecule has 3 heterocycles. The van der Waals surface area contributed by atoms with Gasteiger partial charge < -0.3 is 15.7 Å². The second-order valence-electron chi connectivity index (χ2n) is 12.0. The number of aliphatic imine (C=N–C) groups is 1. The van der Waals surface area contributed by atoms with Gasteiger partial charge in [0.05, 0.1) is 12.1 Å². The lowest BCUT2D eigenvalue weighted by Crippen LogP contribution is -2.38. The predicted octanol–water partition coefficient (Wildman–Crippen LogP) is 5.30. The van der Waals surface area contributed by atoms with Crippen LogP contribution >= 0.6 is 0 Å². The molecule has 1 saturated heterocycles. The summed E-state index contributed by atoms with van der Waals surface area (Å²) < 4.78 is 0. The van der Waals surface area contributed by atoms with Crippen LogP contribution in [-0.4, -0.2) is 59.9 Å². The quantitative estimate of drug-likeness (QED) is 0.449. The van der Waals surface area contributed by atoms with Gasteiger partial charge in [0.25, 0.3) is 0 Å². The fourth-order valence-electron chi connectivity index (χ4n) is 5.87. The molecule has 0 aliphatic carbocycles. The van der Waals surface area contributed by atoms with Crippen molar-refractivity contribution in [2.75, 3.05) is 37.6 Å². The highest BCUT2D eigenvalue weighted by molar-refractivity contribution is 5.86. The van der Waals surface area contributed by atoms with Crippen molar-refractivity contribution >= 4 is 17.9 Å². The fraction of sp³-hybridized carbons (Fsp3) is 0.531. The molecule has 2 aliphatic rings. The molecule has 210 valence electrons. The van der Waals surface area contributed by atoms with E-state index >= 15 is 0 Å². The number of aromatic nitrogens is 1. The number of carboxylic acids is 1. The molecule has 0 amide bonds. The predicted molar refractivity (Wildman–Crippen MR) is 161 cm³/mol. The molecule has 1 aromatic carbocycles. The standard InChI is InChI=1S/C32H45N5O2/c1-7-34-18-27(21(2)33)20-36-13-10-24-16-25(8-9-26(24)19-36)30-23(4)35-22(3)28(17-29(38)39)31(30)37-14-11-32(5,6)12-15-37/h8-9,16,18H,7,10-15,17,19-20,33H2,1-6H3,(H,38,39). The van der Waals surface area contributed by atoms with Crippen LogP contribution in [-0.2, 0) is 24.2 Å². The van der Waals surface area contributed by atoms with Crippen LogP contribution in [0.4, 0.5) is 5.69 Å². The minimum Gasteiger partial charge on any atom is -0.481 e. The third-order valence-corrected chi connectivity index (χ3v) is 8.33. The molecular formula is C32H45N5O2. The summed E-state index contributed by atoms with van der Waals surface area (Å²) >= 11 is 0. The first kappa shape index (κ1) is 28.8. The number of rotatable bonds is 8. The first-order valence-electron chi connectivity index (χ1n) is 14.3. The molecule has 1 aromatic heterocycles. The number of pyridine rings is 1. The Morgan fingerprint density at radius 3 is 2.51 bits per heavy atom. The maximum Gasteiger partial charge on any atom is 0.307 e. The van der Waals surface area contributed by atoms with Crippen molar-refractivity contribution in [3.63, 3.8) is 0 Å². The molecule has 0 spiro atoms. The van der Waals surface area contributed by atoms with Crippen LogP contribution in [0.5, 0.6) is 0 Å². The Morgan fingerprint density at radius 2 is 1.87 bits per heavy atom. The fourth-order valence-corrected chi connectivity index (χ4v) is 5.87. The molecule has 0 bridgehead atoms. The zero-order valence-corrected chi connectivity index (χ0v) is 24.6. The lowest BCUT2D eigenvalue weighted by atomic mass is 9.82. The molecule has 0 unspecified atom stereocenters. The van der Waals surface area contributed by atoms with Crippen LogP contribution < -0.4 is 10.6 Å². The number of fused-ring (bicyclic) bond motifs is 1. The molecule has 0 saturated carbocycles.